The lowest BCUT2D eigenvalue weighted by Crippen LogP contribution is -2.32. The first-order chi connectivity index (χ1) is 11.1. The van der Waals surface area contributed by atoms with Crippen LogP contribution < -0.4 is 10.1 Å². The molecule has 2 N–H and O–H groups in total. The molecule has 0 aromatic heterocycles. The molecule has 2 atom stereocenters. The Kier molecular flexibility index (Phi) is 6.63. The van der Waals surface area contributed by atoms with Gasteiger partial charge in [0.15, 0.2) is 0 Å². The van der Waals surface area contributed by atoms with Crippen LogP contribution in [0.2, 0.25) is 0 Å². The summed E-state index contributed by atoms with van der Waals surface area (Å²) in [6.45, 7) is 5.52. The maximum Gasteiger partial charge on any atom is 0.118 e. The Morgan fingerprint density at radius 1 is 0.957 bits per heavy atom. The van der Waals surface area contributed by atoms with Gasteiger partial charge >= 0.3 is 0 Å². The molecule has 2 rings (SSSR count). The molecule has 0 bridgehead atoms. The monoisotopic (exact) mass is 313 g/mol. The Hall–Kier alpha value is -1.84. The van der Waals surface area contributed by atoms with E-state index in [1.165, 1.54) is 11.1 Å². The third kappa shape index (κ3) is 5.08. The van der Waals surface area contributed by atoms with E-state index in [2.05, 4.69) is 43.4 Å². The van der Waals surface area contributed by atoms with Crippen molar-refractivity contribution in [2.75, 3.05) is 13.7 Å². The van der Waals surface area contributed by atoms with E-state index in [4.69, 9.17) is 9.84 Å². The van der Waals surface area contributed by atoms with Crippen LogP contribution >= 0.6 is 0 Å². The van der Waals surface area contributed by atoms with Gasteiger partial charge in [-0.25, -0.2) is 0 Å². The minimum atomic E-state index is 0.106. The fourth-order valence-electron chi connectivity index (χ4n) is 2.63. The van der Waals surface area contributed by atoms with Crippen molar-refractivity contribution in [3.63, 3.8) is 0 Å². The lowest BCUT2D eigenvalue weighted by molar-refractivity contribution is 0.282. The summed E-state index contributed by atoms with van der Waals surface area (Å²) in [4.78, 5) is 0. The van der Waals surface area contributed by atoms with Gasteiger partial charge in [0.05, 0.1) is 13.7 Å². The third-order valence-electron chi connectivity index (χ3n) is 4.48. The van der Waals surface area contributed by atoms with Crippen LogP contribution in [-0.2, 0) is 13.0 Å². The Labute approximate surface area is 139 Å². The van der Waals surface area contributed by atoms with E-state index in [0.29, 0.717) is 12.0 Å². The Morgan fingerprint density at radius 3 is 2.13 bits per heavy atom. The highest BCUT2D eigenvalue weighted by atomic mass is 16.5. The number of benzene rings is 2. The molecule has 3 nitrogen and oxygen atoms in total. The van der Waals surface area contributed by atoms with E-state index in [-0.39, 0.29) is 6.61 Å². The van der Waals surface area contributed by atoms with Gasteiger partial charge < -0.3 is 15.2 Å². The highest BCUT2D eigenvalue weighted by molar-refractivity contribution is 5.29. The van der Waals surface area contributed by atoms with E-state index >= 15 is 0 Å². The summed E-state index contributed by atoms with van der Waals surface area (Å²) in [6, 6.07) is 16.8. The molecule has 2 aromatic rings. The van der Waals surface area contributed by atoms with E-state index in [1.807, 2.05) is 24.3 Å². The number of ether oxygens (including phenoxy) is 1. The summed E-state index contributed by atoms with van der Waals surface area (Å²) in [7, 11) is 1.69. The summed E-state index contributed by atoms with van der Waals surface area (Å²) < 4.78 is 5.21. The molecule has 0 saturated carbocycles. The summed E-state index contributed by atoms with van der Waals surface area (Å²) >= 11 is 0. The van der Waals surface area contributed by atoms with Gasteiger partial charge in [-0.15, -0.1) is 0 Å². The molecule has 3 heteroatoms. The number of hydrogen-bond acceptors (Lipinski definition) is 3. The highest BCUT2D eigenvalue weighted by Gasteiger charge is 2.13. The largest absolute Gasteiger partial charge is 0.497 e. The lowest BCUT2D eigenvalue weighted by Gasteiger charge is -2.22. The zero-order valence-electron chi connectivity index (χ0n) is 14.3. The van der Waals surface area contributed by atoms with Crippen LogP contribution in [0.5, 0.6) is 5.75 Å². The van der Waals surface area contributed by atoms with Crippen molar-refractivity contribution in [2.24, 2.45) is 0 Å². The van der Waals surface area contributed by atoms with E-state index in [0.717, 1.165) is 24.3 Å². The van der Waals surface area contributed by atoms with Crippen molar-refractivity contribution in [2.45, 2.75) is 38.8 Å². The topological polar surface area (TPSA) is 41.5 Å². The summed E-state index contributed by atoms with van der Waals surface area (Å²) in [5.74, 6) is 1.34. The first kappa shape index (κ1) is 17.5. The van der Waals surface area contributed by atoms with Crippen molar-refractivity contribution >= 4 is 0 Å². The minimum absolute atomic E-state index is 0.106. The second-order valence-electron chi connectivity index (χ2n) is 6.03. The number of methoxy groups -OCH3 is 1. The molecule has 0 radical (unpaired) electrons. The zero-order chi connectivity index (χ0) is 16.7. The maximum atomic E-state index is 9.06. The number of rotatable bonds is 8. The summed E-state index contributed by atoms with van der Waals surface area (Å²) in [5.41, 5.74) is 3.57. The molecule has 0 aliphatic carbocycles. The highest BCUT2D eigenvalue weighted by Crippen LogP contribution is 2.21. The smallest absolute Gasteiger partial charge is 0.118 e. The predicted molar refractivity (Wildman–Crippen MR) is 94.9 cm³/mol. The Balaban J connectivity index is 1.81. The molecule has 0 heterocycles. The van der Waals surface area contributed by atoms with Crippen LogP contribution in [0.15, 0.2) is 48.5 Å². The second kappa shape index (κ2) is 8.70. The third-order valence-corrected chi connectivity index (χ3v) is 4.48. The molecular formula is C20H27NO2. The fourth-order valence-corrected chi connectivity index (χ4v) is 2.63. The van der Waals surface area contributed by atoms with Crippen LogP contribution in [0.1, 0.15) is 36.5 Å². The molecule has 0 spiro atoms. The van der Waals surface area contributed by atoms with Crippen molar-refractivity contribution in [1.29, 1.82) is 0 Å². The Morgan fingerprint density at radius 2 is 1.57 bits per heavy atom. The second-order valence-corrected chi connectivity index (χ2v) is 6.03. The van der Waals surface area contributed by atoms with Crippen molar-refractivity contribution < 1.29 is 9.84 Å². The molecule has 0 aliphatic heterocycles. The molecule has 2 aromatic carbocycles. The normalized spacial score (nSPS) is 13.6. The molecular weight excluding hydrogens is 286 g/mol. The van der Waals surface area contributed by atoms with Gasteiger partial charge in [0.1, 0.15) is 5.75 Å². The zero-order valence-corrected chi connectivity index (χ0v) is 14.3. The van der Waals surface area contributed by atoms with Gasteiger partial charge in [0, 0.05) is 6.04 Å². The Bertz CT molecular complexity index is 578. The summed E-state index contributed by atoms with van der Waals surface area (Å²) in [5, 5.41) is 12.7. The van der Waals surface area contributed by atoms with Gasteiger partial charge in [0.2, 0.25) is 0 Å². The first-order valence-corrected chi connectivity index (χ1v) is 8.20. The molecule has 2 unspecified atom stereocenters. The van der Waals surface area contributed by atoms with E-state index < -0.39 is 0 Å². The molecule has 0 amide bonds. The molecule has 0 saturated heterocycles. The van der Waals surface area contributed by atoms with E-state index in [9.17, 15) is 0 Å². The fraction of sp³-hybridized carbons (Fsp3) is 0.400. The van der Waals surface area contributed by atoms with Crippen LogP contribution in [-0.4, -0.2) is 24.8 Å². The number of aliphatic hydroxyl groups is 1. The molecule has 0 aliphatic rings. The van der Waals surface area contributed by atoms with Gasteiger partial charge in [0.25, 0.3) is 0 Å². The van der Waals surface area contributed by atoms with Crippen molar-refractivity contribution in [3.05, 3.63) is 65.2 Å². The standard InChI is InChI=1S/C20H27NO2/c1-15(19-8-10-20(23-3)11-9-19)16(2)21-13-12-17-4-6-18(14-22)7-5-17/h4-11,15-16,21-22H,12-14H2,1-3H3. The lowest BCUT2D eigenvalue weighted by atomic mass is 9.94. The molecule has 124 valence electrons. The number of hydrogen-bond donors (Lipinski definition) is 2. The minimum Gasteiger partial charge on any atom is -0.497 e. The molecule has 0 fully saturated rings. The van der Waals surface area contributed by atoms with Gasteiger partial charge in [-0.1, -0.05) is 43.3 Å². The van der Waals surface area contributed by atoms with Gasteiger partial charge in [-0.05, 0) is 54.6 Å². The molecule has 23 heavy (non-hydrogen) atoms. The van der Waals surface area contributed by atoms with Crippen molar-refractivity contribution in [1.82, 2.24) is 5.32 Å². The predicted octanol–water partition coefficient (Wildman–Crippen LogP) is 3.51. The maximum absolute atomic E-state index is 9.06. The van der Waals surface area contributed by atoms with Gasteiger partial charge in [-0.2, -0.15) is 0 Å². The average Bonchev–Trinajstić information content (AvgIpc) is 2.61. The van der Waals surface area contributed by atoms with Gasteiger partial charge in [-0.3, -0.25) is 0 Å². The number of nitrogens with one attached hydrogen (secondary N) is 1. The van der Waals surface area contributed by atoms with Crippen molar-refractivity contribution in [3.8, 4) is 5.75 Å². The number of aliphatic hydroxyl groups excluding tert-OH is 1. The SMILES string of the molecule is COc1ccc(C(C)C(C)NCCc2ccc(CO)cc2)cc1. The van der Waals surface area contributed by atoms with Crippen LogP contribution in [0.25, 0.3) is 0 Å². The first-order valence-electron chi connectivity index (χ1n) is 8.20. The van der Waals surface area contributed by atoms with Crippen LogP contribution in [0, 0.1) is 0 Å². The summed E-state index contributed by atoms with van der Waals surface area (Å²) in [6.07, 6.45) is 0.991. The van der Waals surface area contributed by atoms with E-state index in [1.54, 1.807) is 7.11 Å². The van der Waals surface area contributed by atoms with Crippen LogP contribution in [0.4, 0.5) is 0 Å². The average molecular weight is 313 g/mol. The quantitative estimate of drug-likeness (QED) is 0.783. The van der Waals surface area contributed by atoms with Crippen LogP contribution in [0.3, 0.4) is 0 Å².